The van der Waals surface area contributed by atoms with Crippen LogP contribution in [0.5, 0.6) is 5.75 Å². The van der Waals surface area contributed by atoms with Gasteiger partial charge < -0.3 is 9.50 Å². The number of halogens is 1. The minimum Gasteiger partial charge on any atom is -0.379 e. The van der Waals surface area contributed by atoms with E-state index in [0.29, 0.717) is 11.3 Å². The number of nitriles is 1. The summed E-state index contributed by atoms with van der Waals surface area (Å²) < 4.78 is 30.6. The minimum absolute atomic E-state index is 0.0108. The molecule has 0 atom stereocenters. The van der Waals surface area contributed by atoms with Crippen molar-refractivity contribution in [3.63, 3.8) is 0 Å². The van der Waals surface area contributed by atoms with Crippen LogP contribution in [-0.2, 0) is 14.9 Å². The van der Waals surface area contributed by atoms with Crippen LogP contribution in [-0.4, -0.2) is 19.2 Å². The largest absolute Gasteiger partial charge is 0.379 e. The molecule has 0 aliphatic carbocycles. The average molecular weight is 528 g/mol. The smallest absolute Gasteiger partial charge is 0.339 e. The number of amides is 1. The molecule has 9 nitrogen and oxygen atoms in total. The monoisotopic (exact) mass is 527 g/mol. The van der Waals surface area contributed by atoms with E-state index in [2.05, 4.69) is 21.2 Å². The van der Waals surface area contributed by atoms with Crippen molar-refractivity contribution in [3.05, 3.63) is 98.5 Å². The molecule has 0 fully saturated rings. The van der Waals surface area contributed by atoms with Crippen molar-refractivity contribution in [3.8, 4) is 11.8 Å². The number of benzene rings is 3. The molecule has 33 heavy (non-hydrogen) atoms. The van der Waals surface area contributed by atoms with Crippen molar-refractivity contribution in [2.75, 3.05) is 5.32 Å². The lowest BCUT2D eigenvalue weighted by Gasteiger charge is -2.07. The second kappa shape index (κ2) is 10.1. The van der Waals surface area contributed by atoms with E-state index in [1.807, 2.05) is 6.07 Å². The second-order valence-corrected chi connectivity index (χ2v) is 8.95. The average Bonchev–Trinajstić information content (AvgIpc) is 2.80. The maximum atomic E-state index is 12.4. The summed E-state index contributed by atoms with van der Waals surface area (Å²) in [6.45, 7) is 0. The number of nitro groups is 1. The minimum atomic E-state index is -4.21. The molecule has 0 aromatic heterocycles. The first-order valence-corrected chi connectivity index (χ1v) is 11.4. The van der Waals surface area contributed by atoms with Gasteiger partial charge in [-0.1, -0.05) is 28.1 Å². The van der Waals surface area contributed by atoms with Crippen LogP contribution in [0.25, 0.3) is 6.08 Å². The molecule has 1 N–H and O–H groups in total. The standard InChI is InChI=1S/C22H14BrN3O6S/c23-17-3-5-18(6-4-17)25-22(27)16(14-24)13-15-1-9-20(10-2-15)32-33(30,31)21-11-7-19(8-12-21)26(28)29/h1-13H,(H,25,27)/b16-13-. The van der Waals surface area contributed by atoms with E-state index in [1.165, 1.54) is 30.3 Å². The van der Waals surface area contributed by atoms with E-state index in [9.17, 15) is 28.6 Å². The third-order valence-corrected chi connectivity index (χ3v) is 5.99. The maximum absolute atomic E-state index is 12.4. The van der Waals surface area contributed by atoms with Crippen molar-refractivity contribution >= 4 is 49.4 Å². The van der Waals surface area contributed by atoms with E-state index in [4.69, 9.17) is 4.18 Å². The molecule has 3 aromatic carbocycles. The summed E-state index contributed by atoms with van der Waals surface area (Å²) in [6.07, 6.45) is 1.35. The number of carbonyl (C=O) groups is 1. The van der Waals surface area contributed by atoms with Gasteiger partial charge in [0, 0.05) is 22.3 Å². The van der Waals surface area contributed by atoms with Gasteiger partial charge in [0.2, 0.25) is 0 Å². The molecular weight excluding hydrogens is 514 g/mol. The number of nitrogens with one attached hydrogen (secondary N) is 1. The zero-order chi connectivity index (χ0) is 24.0. The molecule has 0 bridgehead atoms. The Morgan fingerprint density at radius 2 is 1.64 bits per heavy atom. The van der Waals surface area contributed by atoms with Gasteiger partial charge in [0.25, 0.3) is 11.6 Å². The van der Waals surface area contributed by atoms with Gasteiger partial charge >= 0.3 is 10.1 Å². The fourth-order valence-corrected chi connectivity index (χ4v) is 3.77. The fraction of sp³-hybridized carbons (Fsp3) is 0. The number of carbonyl (C=O) groups excluding carboxylic acids is 1. The van der Waals surface area contributed by atoms with E-state index in [1.54, 1.807) is 24.3 Å². The Hall–Kier alpha value is -4.01. The molecule has 0 unspecified atom stereocenters. The van der Waals surface area contributed by atoms with Crippen molar-refractivity contribution in [1.82, 2.24) is 0 Å². The fourth-order valence-electron chi connectivity index (χ4n) is 2.58. The molecule has 0 saturated heterocycles. The summed E-state index contributed by atoms with van der Waals surface area (Å²) in [5.41, 5.74) is 0.592. The topological polar surface area (TPSA) is 139 Å². The molecule has 3 rings (SSSR count). The van der Waals surface area contributed by atoms with Crippen molar-refractivity contribution < 1.29 is 22.3 Å². The highest BCUT2D eigenvalue weighted by molar-refractivity contribution is 9.10. The summed E-state index contributed by atoms with van der Waals surface area (Å²) in [4.78, 5) is 22.2. The molecule has 11 heteroatoms. The molecule has 0 spiro atoms. The number of nitro benzene ring substituents is 1. The number of hydrogen-bond donors (Lipinski definition) is 1. The summed E-state index contributed by atoms with van der Waals surface area (Å²) >= 11 is 3.29. The quantitative estimate of drug-likeness (QED) is 0.155. The van der Waals surface area contributed by atoms with Crippen LogP contribution in [0.3, 0.4) is 0 Å². The Bertz CT molecular complexity index is 1360. The number of nitrogens with zero attached hydrogens (tertiary/aromatic N) is 2. The van der Waals surface area contributed by atoms with Gasteiger partial charge in [0.05, 0.1) is 4.92 Å². The maximum Gasteiger partial charge on any atom is 0.339 e. The van der Waals surface area contributed by atoms with Gasteiger partial charge in [-0.2, -0.15) is 13.7 Å². The van der Waals surface area contributed by atoms with Crippen LogP contribution < -0.4 is 9.50 Å². The Morgan fingerprint density at radius 1 is 1.03 bits per heavy atom. The third-order valence-electron chi connectivity index (χ3n) is 4.20. The van der Waals surface area contributed by atoms with Gasteiger partial charge in [-0.05, 0) is 60.2 Å². The molecule has 1 amide bonds. The molecule has 0 aliphatic heterocycles. The molecule has 3 aromatic rings. The van der Waals surface area contributed by atoms with Gasteiger partial charge in [0.15, 0.2) is 0 Å². The number of non-ortho nitro benzene ring substituents is 1. The summed E-state index contributed by atoms with van der Waals surface area (Å²) in [6, 6.07) is 18.6. The van der Waals surface area contributed by atoms with E-state index in [-0.39, 0.29) is 21.9 Å². The van der Waals surface area contributed by atoms with Crippen LogP contribution in [0.1, 0.15) is 5.56 Å². The first-order chi connectivity index (χ1) is 15.7. The molecule has 0 aliphatic rings. The summed E-state index contributed by atoms with van der Waals surface area (Å²) in [5, 5.41) is 22.7. The molecule has 0 saturated carbocycles. The number of hydrogen-bond acceptors (Lipinski definition) is 7. The highest BCUT2D eigenvalue weighted by atomic mass is 79.9. The number of rotatable bonds is 7. The third kappa shape index (κ3) is 6.25. The van der Waals surface area contributed by atoms with Gasteiger partial charge in [0.1, 0.15) is 22.3 Å². The molecule has 0 radical (unpaired) electrons. The van der Waals surface area contributed by atoms with Crippen molar-refractivity contribution in [2.24, 2.45) is 0 Å². The van der Waals surface area contributed by atoms with E-state index < -0.39 is 20.9 Å². The first kappa shape index (κ1) is 23.6. The van der Waals surface area contributed by atoms with Crippen molar-refractivity contribution in [1.29, 1.82) is 5.26 Å². The summed E-state index contributed by atoms with van der Waals surface area (Å²) in [7, 11) is -4.21. The van der Waals surface area contributed by atoms with E-state index in [0.717, 1.165) is 28.7 Å². The zero-order valence-electron chi connectivity index (χ0n) is 16.6. The van der Waals surface area contributed by atoms with Crippen molar-refractivity contribution in [2.45, 2.75) is 4.90 Å². The molecule has 166 valence electrons. The lowest BCUT2D eigenvalue weighted by Crippen LogP contribution is -2.13. The highest BCUT2D eigenvalue weighted by Crippen LogP contribution is 2.22. The van der Waals surface area contributed by atoms with Crippen LogP contribution in [0.15, 0.2) is 87.7 Å². The second-order valence-electron chi connectivity index (χ2n) is 6.49. The lowest BCUT2D eigenvalue weighted by atomic mass is 10.1. The number of anilines is 1. The Labute approximate surface area is 197 Å². The predicted octanol–water partition coefficient (Wildman–Crippen LogP) is 4.67. The molecular formula is C22H14BrN3O6S. The Balaban J connectivity index is 1.72. The van der Waals surface area contributed by atoms with Gasteiger partial charge in [-0.25, -0.2) is 0 Å². The lowest BCUT2D eigenvalue weighted by molar-refractivity contribution is -0.384. The van der Waals surface area contributed by atoms with E-state index >= 15 is 0 Å². The van der Waals surface area contributed by atoms with Crippen LogP contribution in [0.4, 0.5) is 11.4 Å². The normalized spacial score (nSPS) is 11.3. The van der Waals surface area contributed by atoms with Crippen LogP contribution in [0.2, 0.25) is 0 Å². The highest BCUT2D eigenvalue weighted by Gasteiger charge is 2.18. The molecule has 0 heterocycles. The Morgan fingerprint density at radius 3 is 2.18 bits per heavy atom. The summed E-state index contributed by atoms with van der Waals surface area (Å²) in [5.74, 6) is -0.607. The van der Waals surface area contributed by atoms with Gasteiger partial charge in [-0.3, -0.25) is 14.9 Å². The zero-order valence-corrected chi connectivity index (χ0v) is 19.0. The first-order valence-electron chi connectivity index (χ1n) is 9.16. The van der Waals surface area contributed by atoms with Crippen LogP contribution >= 0.6 is 15.9 Å². The van der Waals surface area contributed by atoms with Gasteiger partial charge in [-0.15, -0.1) is 0 Å². The van der Waals surface area contributed by atoms with Crippen LogP contribution in [0, 0.1) is 21.4 Å². The SMILES string of the molecule is N#C/C(=C/c1ccc(OS(=O)(=O)c2ccc([N+](=O)[O-])cc2)cc1)C(=O)Nc1ccc(Br)cc1. The Kier molecular flexibility index (Phi) is 7.22. The predicted molar refractivity (Wildman–Crippen MR) is 124 cm³/mol.